The van der Waals surface area contributed by atoms with E-state index in [1.165, 1.54) is 34.4 Å². The number of aromatic nitrogens is 3. The molecule has 124 valence electrons. The molecule has 3 rings (SSSR count). The van der Waals surface area contributed by atoms with E-state index < -0.39 is 0 Å². The number of benzene rings is 1. The Morgan fingerprint density at radius 1 is 1.29 bits per heavy atom. The topological polar surface area (TPSA) is 93.8 Å². The zero-order valence-electron chi connectivity index (χ0n) is 11.8. The van der Waals surface area contributed by atoms with E-state index in [9.17, 15) is 4.79 Å². The highest BCUT2D eigenvalue weighted by Crippen LogP contribution is 2.30. The van der Waals surface area contributed by atoms with Crippen LogP contribution in [0.1, 0.15) is 0 Å². The average Bonchev–Trinajstić information content (AvgIpc) is 3.17. The van der Waals surface area contributed by atoms with Crippen LogP contribution in [0.2, 0.25) is 10.0 Å². The highest BCUT2D eigenvalue weighted by Gasteiger charge is 2.11. The van der Waals surface area contributed by atoms with Gasteiger partial charge in [-0.1, -0.05) is 52.4 Å². The molecule has 0 spiro atoms. The Hall–Kier alpha value is -1.39. The molecule has 0 saturated carbocycles. The Morgan fingerprint density at radius 3 is 2.83 bits per heavy atom. The summed E-state index contributed by atoms with van der Waals surface area (Å²) in [5.74, 6) is 0.0277. The third kappa shape index (κ3) is 4.37. The van der Waals surface area contributed by atoms with Crippen molar-refractivity contribution in [1.82, 2.24) is 15.2 Å². The van der Waals surface area contributed by atoms with Gasteiger partial charge in [0.25, 0.3) is 0 Å². The second kappa shape index (κ2) is 7.66. The van der Waals surface area contributed by atoms with Crippen molar-refractivity contribution in [3.63, 3.8) is 0 Å². The first-order chi connectivity index (χ1) is 11.5. The van der Waals surface area contributed by atoms with Crippen molar-refractivity contribution in [2.24, 2.45) is 0 Å². The van der Waals surface area contributed by atoms with Crippen LogP contribution in [0.5, 0.6) is 0 Å². The maximum atomic E-state index is 12.0. The van der Waals surface area contributed by atoms with E-state index in [1.54, 1.807) is 12.1 Å². The summed E-state index contributed by atoms with van der Waals surface area (Å²) in [6.45, 7) is 0. The van der Waals surface area contributed by atoms with Gasteiger partial charge in [0.1, 0.15) is 0 Å². The van der Waals surface area contributed by atoms with E-state index in [-0.39, 0.29) is 11.7 Å². The number of rotatable bonds is 5. The fourth-order valence-electron chi connectivity index (χ4n) is 1.68. The van der Waals surface area contributed by atoms with Crippen molar-refractivity contribution in [3.8, 4) is 11.3 Å². The van der Waals surface area contributed by atoms with Gasteiger partial charge in [-0.25, -0.2) is 4.98 Å². The minimum Gasteiger partial charge on any atom is -0.374 e. The zero-order chi connectivity index (χ0) is 17.1. The van der Waals surface area contributed by atoms with Crippen LogP contribution in [0.15, 0.2) is 27.9 Å². The number of thioether (sulfide) groups is 1. The summed E-state index contributed by atoms with van der Waals surface area (Å²) in [6, 6.07) is 5.27. The molecule has 0 aliphatic carbocycles. The lowest BCUT2D eigenvalue weighted by molar-refractivity contribution is -0.113. The van der Waals surface area contributed by atoms with Crippen molar-refractivity contribution < 1.29 is 4.79 Å². The number of nitrogen functional groups attached to an aromatic ring is 1. The third-order valence-electron chi connectivity index (χ3n) is 2.71. The summed E-state index contributed by atoms with van der Waals surface area (Å²) < 4.78 is 0.651. The normalized spacial score (nSPS) is 10.8. The first kappa shape index (κ1) is 17.4. The molecule has 0 atom stereocenters. The van der Waals surface area contributed by atoms with Gasteiger partial charge < -0.3 is 11.1 Å². The second-order valence-electron chi connectivity index (χ2n) is 4.41. The van der Waals surface area contributed by atoms with Gasteiger partial charge in [-0.3, -0.25) is 4.79 Å². The Kier molecular flexibility index (Phi) is 5.57. The predicted octanol–water partition coefficient (Wildman–Crippen LogP) is 4.28. The number of anilines is 2. The van der Waals surface area contributed by atoms with E-state index in [0.717, 1.165) is 11.3 Å². The highest BCUT2D eigenvalue weighted by atomic mass is 35.5. The molecule has 1 amide bonds. The average molecular weight is 418 g/mol. The Balaban J connectivity index is 1.60. The van der Waals surface area contributed by atoms with Crippen LogP contribution < -0.4 is 11.1 Å². The number of hydrogen-bond donors (Lipinski definition) is 2. The number of thiazole rings is 1. The maximum Gasteiger partial charge on any atom is 0.236 e. The van der Waals surface area contributed by atoms with E-state index in [2.05, 4.69) is 20.5 Å². The standard InChI is InChI=1S/C13H9Cl2N5OS3/c14-7-2-1-6(3-8(7)15)9-4-22-12(17-9)18-10(21)5-23-13-20-19-11(16)24-13/h1-4H,5H2,(H2,16,19)(H,17,18,21). The predicted molar refractivity (Wildman–Crippen MR) is 101 cm³/mol. The number of hydrogen-bond acceptors (Lipinski definition) is 8. The van der Waals surface area contributed by atoms with Crippen molar-refractivity contribution in [3.05, 3.63) is 33.6 Å². The molecule has 3 N–H and O–H groups in total. The Morgan fingerprint density at radius 2 is 2.12 bits per heavy atom. The molecule has 6 nitrogen and oxygen atoms in total. The molecular weight excluding hydrogens is 409 g/mol. The van der Waals surface area contributed by atoms with Gasteiger partial charge in [-0.15, -0.1) is 21.5 Å². The van der Waals surface area contributed by atoms with Crippen molar-refractivity contribution in [1.29, 1.82) is 0 Å². The van der Waals surface area contributed by atoms with Gasteiger partial charge in [-0.2, -0.15) is 0 Å². The van der Waals surface area contributed by atoms with E-state index >= 15 is 0 Å². The molecule has 2 aromatic heterocycles. The molecule has 0 aliphatic heterocycles. The van der Waals surface area contributed by atoms with Gasteiger partial charge in [0.05, 0.1) is 21.5 Å². The van der Waals surface area contributed by atoms with Gasteiger partial charge in [-0.05, 0) is 12.1 Å². The number of nitrogens with one attached hydrogen (secondary N) is 1. The molecular formula is C13H9Cl2N5OS3. The van der Waals surface area contributed by atoms with Crippen molar-refractivity contribution in [2.45, 2.75) is 4.34 Å². The minimum absolute atomic E-state index is 0.177. The van der Waals surface area contributed by atoms with Gasteiger partial charge >= 0.3 is 0 Å². The summed E-state index contributed by atoms with van der Waals surface area (Å²) in [5.41, 5.74) is 7.05. The maximum absolute atomic E-state index is 12.0. The fraction of sp³-hybridized carbons (Fsp3) is 0.0769. The highest BCUT2D eigenvalue weighted by molar-refractivity contribution is 8.01. The second-order valence-corrected chi connectivity index (χ2v) is 8.31. The van der Waals surface area contributed by atoms with Crippen LogP contribution in [0.4, 0.5) is 10.3 Å². The number of carbonyl (C=O) groups is 1. The molecule has 0 unspecified atom stereocenters. The lowest BCUT2D eigenvalue weighted by Gasteiger charge is -2.01. The summed E-state index contributed by atoms with van der Waals surface area (Å²) in [6.07, 6.45) is 0. The summed E-state index contributed by atoms with van der Waals surface area (Å²) in [4.78, 5) is 16.3. The van der Waals surface area contributed by atoms with Crippen LogP contribution in [0.25, 0.3) is 11.3 Å². The van der Waals surface area contributed by atoms with E-state index in [0.29, 0.717) is 24.6 Å². The zero-order valence-corrected chi connectivity index (χ0v) is 15.8. The molecule has 11 heteroatoms. The largest absolute Gasteiger partial charge is 0.374 e. The molecule has 0 bridgehead atoms. The molecule has 3 aromatic rings. The monoisotopic (exact) mass is 417 g/mol. The molecule has 24 heavy (non-hydrogen) atoms. The molecule has 0 aliphatic rings. The lowest BCUT2D eigenvalue weighted by atomic mass is 10.2. The van der Waals surface area contributed by atoms with Crippen molar-refractivity contribution >= 4 is 73.8 Å². The molecule has 0 fully saturated rings. The number of carbonyl (C=O) groups excluding carboxylic acids is 1. The third-order valence-corrected chi connectivity index (χ3v) is 6.10. The number of halogens is 2. The van der Waals surface area contributed by atoms with Gasteiger partial charge in [0.2, 0.25) is 11.0 Å². The Labute approximate surface area is 159 Å². The summed E-state index contributed by atoms with van der Waals surface area (Å²) in [5, 5.41) is 14.0. The lowest BCUT2D eigenvalue weighted by Crippen LogP contribution is -2.13. The molecule has 0 radical (unpaired) electrons. The van der Waals surface area contributed by atoms with Crippen LogP contribution >= 0.6 is 57.6 Å². The van der Waals surface area contributed by atoms with Crippen LogP contribution in [0.3, 0.4) is 0 Å². The first-order valence-corrected chi connectivity index (χ1v) is 9.87. The number of nitrogens with zero attached hydrogens (tertiary/aromatic N) is 3. The van der Waals surface area contributed by atoms with E-state index in [1.807, 2.05) is 11.4 Å². The first-order valence-electron chi connectivity index (χ1n) is 6.44. The molecule has 1 aromatic carbocycles. The molecule has 2 heterocycles. The summed E-state index contributed by atoms with van der Waals surface area (Å²) in [7, 11) is 0. The van der Waals surface area contributed by atoms with Crippen LogP contribution in [-0.4, -0.2) is 26.8 Å². The summed E-state index contributed by atoms with van der Waals surface area (Å²) >= 11 is 15.8. The smallest absolute Gasteiger partial charge is 0.236 e. The number of amides is 1. The van der Waals surface area contributed by atoms with Gasteiger partial charge in [0.15, 0.2) is 9.47 Å². The Bertz CT molecular complexity index is 882. The SMILES string of the molecule is Nc1nnc(SCC(=O)Nc2nc(-c3ccc(Cl)c(Cl)c3)cs2)s1. The fourth-order valence-corrected chi connectivity index (χ4v) is 4.15. The van der Waals surface area contributed by atoms with E-state index in [4.69, 9.17) is 28.9 Å². The van der Waals surface area contributed by atoms with Crippen LogP contribution in [-0.2, 0) is 4.79 Å². The van der Waals surface area contributed by atoms with Crippen LogP contribution in [0, 0.1) is 0 Å². The number of nitrogens with two attached hydrogens (primary N) is 1. The van der Waals surface area contributed by atoms with Crippen molar-refractivity contribution in [2.75, 3.05) is 16.8 Å². The minimum atomic E-state index is -0.177. The molecule has 0 saturated heterocycles. The quantitative estimate of drug-likeness (QED) is 0.601. The van der Waals surface area contributed by atoms with Gasteiger partial charge in [0, 0.05) is 10.9 Å².